The molecule has 0 spiro atoms. The maximum Gasteiger partial charge on any atom is 0.266 e. The summed E-state index contributed by atoms with van der Waals surface area (Å²) in [7, 11) is 6.85. The van der Waals surface area contributed by atoms with Gasteiger partial charge in [0.1, 0.15) is 19.1 Å². The molecule has 0 saturated carbocycles. The number of aliphatic imine (C=N–C) groups is 1. The summed E-state index contributed by atoms with van der Waals surface area (Å²) in [4.78, 5) is 16.9. The van der Waals surface area contributed by atoms with Crippen molar-refractivity contribution in [1.29, 1.82) is 0 Å². The number of thiophene rings is 1. The number of carbonyl (C=O) groups is 1. The van der Waals surface area contributed by atoms with Crippen LogP contribution in [0, 0.1) is 0 Å². The number of alkyl halides is 1. The second kappa shape index (κ2) is 3.98. The van der Waals surface area contributed by atoms with E-state index in [-0.39, 0.29) is 22.0 Å². The van der Waals surface area contributed by atoms with E-state index in [2.05, 4.69) is 4.99 Å². The van der Waals surface area contributed by atoms with Gasteiger partial charge in [-0.2, -0.15) is 0 Å². The van der Waals surface area contributed by atoms with Crippen molar-refractivity contribution in [3.8, 4) is 5.75 Å². The lowest BCUT2D eigenvalue weighted by molar-refractivity contribution is -0.135. The van der Waals surface area contributed by atoms with E-state index in [1.54, 1.807) is 0 Å². The van der Waals surface area contributed by atoms with Crippen LogP contribution in [0.3, 0.4) is 0 Å². The van der Waals surface area contributed by atoms with Crippen LogP contribution in [0.4, 0.5) is 4.39 Å². The molecule has 94 valence electrons. The summed E-state index contributed by atoms with van der Waals surface area (Å²) in [6, 6.07) is 0. The first kappa shape index (κ1) is 12.9. The third-order valence-electron chi connectivity index (χ3n) is 2.98. The molecule has 0 aliphatic carbocycles. The van der Waals surface area contributed by atoms with Crippen molar-refractivity contribution >= 4 is 36.5 Å². The second-order valence-electron chi connectivity index (χ2n) is 4.25. The highest BCUT2D eigenvalue weighted by molar-refractivity contribution is 7.11. The van der Waals surface area contributed by atoms with E-state index >= 15 is 0 Å². The quantitative estimate of drug-likeness (QED) is 0.679. The Balaban J connectivity index is 2.60. The number of amides is 1. The molecular weight excluding hydrogens is 256 g/mol. The Hall–Kier alpha value is -1.57. The third-order valence-corrected chi connectivity index (χ3v) is 4.20. The molecule has 0 saturated heterocycles. The highest BCUT2D eigenvalue weighted by atomic mass is 32.1. The molecule has 1 aliphatic heterocycles. The van der Waals surface area contributed by atoms with E-state index in [1.165, 1.54) is 19.4 Å². The summed E-state index contributed by atoms with van der Waals surface area (Å²) in [5.41, 5.74) is 4.17. The molecular formula is C10H11BFN3O2S. The molecule has 1 aliphatic rings. The number of rotatable bonds is 1. The van der Waals surface area contributed by atoms with Crippen LogP contribution < -0.4 is 11.2 Å². The summed E-state index contributed by atoms with van der Waals surface area (Å²) in [6.07, 6.45) is -1.92. The average molecular weight is 267 g/mol. The van der Waals surface area contributed by atoms with E-state index in [1.807, 2.05) is 0 Å². The average Bonchev–Trinajstić information content (AvgIpc) is 2.65. The van der Waals surface area contributed by atoms with Gasteiger partial charge in [-0.15, -0.1) is 11.3 Å². The smallest absolute Gasteiger partial charge is 0.266 e. The minimum absolute atomic E-state index is 0.0947. The van der Waals surface area contributed by atoms with E-state index < -0.39 is 17.6 Å². The molecule has 1 unspecified atom stereocenters. The maximum absolute atomic E-state index is 14.2. The van der Waals surface area contributed by atoms with Crippen LogP contribution in [0.2, 0.25) is 0 Å². The van der Waals surface area contributed by atoms with E-state index in [0.717, 1.165) is 16.2 Å². The zero-order valence-corrected chi connectivity index (χ0v) is 10.7. The van der Waals surface area contributed by atoms with Gasteiger partial charge in [-0.3, -0.25) is 9.69 Å². The summed E-state index contributed by atoms with van der Waals surface area (Å²) in [5, 5.41) is 11.3. The Morgan fingerprint density at radius 2 is 2.33 bits per heavy atom. The van der Waals surface area contributed by atoms with Gasteiger partial charge in [0.25, 0.3) is 5.91 Å². The molecule has 1 aromatic heterocycles. The first-order valence-corrected chi connectivity index (χ1v) is 6.00. The highest BCUT2D eigenvalue weighted by Gasteiger charge is 2.49. The van der Waals surface area contributed by atoms with E-state index in [4.69, 9.17) is 13.6 Å². The molecule has 18 heavy (non-hydrogen) atoms. The zero-order chi connectivity index (χ0) is 13.7. The Labute approximate surface area is 109 Å². The van der Waals surface area contributed by atoms with Gasteiger partial charge in [0.05, 0.1) is 4.88 Å². The standard InChI is InChI=1S/C10H11BFN3O2S/c1-10(7-5(16)4(11)3-18-7)6(12)8(17)15(2)9(13)14-10/h3,6,16H,1-2H3,(H2,13,14)/t6?,10-/m0/s1. The predicted molar refractivity (Wildman–Crippen MR) is 68.0 cm³/mol. The van der Waals surface area contributed by atoms with Gasteiger partial charge in [-0.25, -0.2) is 9.38 Å². The molecule has 8 heteroatoms. The number of nitrogens with two attached hydrogens (primary N) is 1. The van der Waals surface area contributed by atoms with Crippen LogP contribution in [-0.2, 0) is 10.3 Å². The van der Waals surface area contributed by atoms with Crippen molar-refractivity contribution in [2.45, 2.75) is 18.6 Å². The first-order valence-electron chi connectivity index (χ1n) is 5.12. The number of aromatic hydroxyl groups is 1. The Morgan fingerprint density at radius 3 is 2.83 bits per heavy atom. The fourth-order valence-corrected chi connectivity index (χ4v) is 2.76. The second-order valence-corrected chi connectivity index (χ2v) is 5.13. The maximum atomic E-state index is 14.2. The predicted octanol–water partition coefficient (Wildman–Crippen LogP) is -0.413. The third kappa shape index (κ3) is 1.59. The number of nitrogens with zero attached hydrogens (tertiary/aromatic N) is 2. The van der Waals surface area contributed by atoms with Gasteiger partial charge in [0.2, 0.25) is 6.17 Å². The van der Waals surface area contributed by atoms with Gasteiger partial charge >= 0.3 is 0 Å². The van der Waals surface area contributed by atoms with E-state index in [9.17, 15) is 14.3 Å². The summed E-state index contributed by atoms with van der Waals surface area (Å²) in [6.45, 7) is 1.40. The molecule has 3 N–H and O–H groups in total. The van der Waals surface area contributed by atoms with Gasteiger partial charge in [0.15, 0.2) is 5.96 Å². The number of guanidine groups is 1. The summed E-state index contributed by atoms with van der Waals surface area (Å²) in [5.74, 6) is -1.14. The van der Waals surface area contributed by atoms with Crippen LogP contribution in [0.15, 0.2) is 10.4 Å². The fraction of sp³-hybridized carbons (Fsp3) is 0.400. The van der Waals surface area contributed by atoms with Crippen molar-refractivity contribution in [2.75, 3.05) is 7.05 Å². The zero-order valence-electron chi connectivity index (χ0n) is 9.85. The number of carbonyl (C=O) groups excluding carboxylic acids is 1. The molecule has 0 bridgehead atoms. The Morgan fingerprint density at radius 1 is 1.72 bits per heavy atom. The van der Waals surface area contributed by atoms with Crippen LogP contribution in [0.25, 0.3) is 0 Å². The molecule has 1 amide bonds. The number of halogens is 1. The lowest BCUT2D eigenvalue weighted by Gasteiger charge is -2.35. The SMILES string of the molecule is [B]c1csc([C@@]2(C)N=C(N)N(C)C(=O)C2F)c1O. The van der Waals surface area contributed by atoms with Crippen LogP contribution in [0.5, 0.6) is 5.75 Å². The van der Waals surface area contributed by atoms with Crippen molar-refractivity contribution in [1.82, 2.24) is 4.90 Å². The molecule has 2 heterocycles. The Kier molecular flexibility index (Phi) is 2.85. The van der Waals surface area contributed by atoms with Crippen molar-refractivity contribution in [2.24, 2.45) is 10.7 Å². The largest absolute Gasteiger partial charge is 0.507 e. The molecule has 0 fully saturated rings. The van der Waals surface area contributed by atoms with Crippen LogP contribution >= 0.6 is 11.3 Å². The lowest BCUT2D eigenvalue weighted by Crippen LogP contribution is -2.54. The topological polar surface area (TPSA) is 78.9 Å². The highest BCUT2D eigenvalue weighted by Crippen LogP contribution is 2.41. The van der Waals surface area contributed by atoms with E-state index in [0.29, 0.717) is 0 Å². The lowest BCUT2D eigenvalue weighted by atomic mass is 9.88. The van der Waals surface area contributed by atoms with Crippen molar-refractivity contribution < 1.29 is 14.3 Å². The number of hydrogen-bond donors (Lipinski definition) is 2. The minimum atomic E-state index is -1.92. The van der Waals surface area contributed by atoms with Gasteiger partial charge in [-0.05, 0) is 17.8 Å². The van der Waals surface area contributed by atoms with Crippen molar-refractivity contribution in [3.63, 3.8) is 0 Å². The van der Waals surface area contributed by atoms with Gasteiger partial charge in [0, 0.05) is 7.05 Å². The van der Waals surface area contributed by atoms with Gasteiger partial charge in [-0.1, -0.05) is 0 Å². The molecule has 5 nitrogen and oxygen atoms in total. The van der Waals surface area contributed by atoms with Gasteiger partial charge < -0.3 is 10.8 Å². The molecule has 2 atom stereocenters. The molecule has 2 rings (SSSR count). The monoisotopic (exact) mass is 267 g/mol. The van der Waals surface area contributed by atoms with Crippen LogP contribution in [0.1, 0.15) is 11.8 Å². The molecule has 1 aromatic rings. The fourth-order valence-electron chi connectivity index (χ4n) is 1.78. The Bertz CT molecular complexity index is 547. The minimum Gasteiger partial charge on any atom is -0.507 e. The first-order chi connectivity index (χ1) is 8.29. The summed E-state index contributed by atoms with van der Waals surface area (Å²) >= 11 is 1.04. The molecule has 2 radical (unpaired) electrons. The summed E-state index contributed by atoms with van der Waals surface area (Å²) < 4.78 is 14.2. The normalized spacial score (nSPS) is 28.4. The van der Waals surface area contributed by atoms with Crippen molar-refractivity contribution in [3.05, 3.63) is 10.3 Å². The number of hydrogen-bond acceptors (Lipinski definition) is 5. The van der Waals surface area contributed by atoms with Crippen LogP contribution in [-0.4, -0.2) is 42.9 Å². The molecule has 0 aromatic carbocycles.